The van der Waals surface area contributed by atoms with Crippen LogP contribution < -0.4 is 15.2 Å². The molecule has 0 radical (unpaired) electrons. The quantitative estimate of drug-likeness (QED) is 0.922. The minimum absolute atomic E-state index is 0. The summed E-state index contributed by atoms with van der Waals surface area (Å²) in [5, 5.41) is 0. The Kier molecular flexibility index (Phi) is 5.91. The van der Waals surface area contributed by atoms with Gasteiger partial charge in [-0.25, -0.2) is 0 Å². The number of methoxy groups -OCH3 is 2. The fourth-order valence-electron chi connectivity index (χ4n) is 2.54. The summed E-state index contributed by atoms with van der Waals surface area (Å²) in [6, 6.07) is 6.07. The molecule has 5 heteroatoms. The van der Waals surface area contributed by atoms with Crippen molar-refractivity contribution in [3.05, 3.63) is 23.8 Å². The van der Waals surface area contributed by atoms with Crippen molar-refractivity contribution < 1.29 is 14.2 Å². The van der Waals surface area contributed by atoms with Crippen molar-refractivity contribution in [3.63, 3.8) is 0 Å². The first kappa shape index (κ1) is 16.1. The number of hydrogen-bond acceptors (Lipinski definition) is 4. The smallest absolute Gasteiger partial charge is 0.161 e. The first-order valence-corrected chi connectivity index (χ1v) is 6.26. The molecule has 0 bridgehead atoms. The predicted octanol–water partition coefficient (Wildman–Crippen LogP) is 2.13. The topological polar surface area (TPSA) is 53.7 Å². The van der Waals surface area contributed by atoms with Gasteiger partial charge in [-0.3, -0.25) is 0 Å². The van der Waals surface area contributed by atoms with Gasteiger partial charge >= 0.3 is 0 Å². The monoisotopic (exact) mass is 287 g/mol. The highest BCUT2D eigenvalue weighted by molar-refractivity contribution is 5.85. The molecule has 1 saturated heterocycles. The molecule has 1 aliphatic rings. The molecule has 108 valence electrons. The summed E-state index contributed by atoms with van der Waals surface area (Å²) in [7, 11) is 3.30. The lowest BCUT2D eigenvalue weighted by Crippen LogP contribution is -2.40. The van der Waals surface area contributed by atoms with Crippen LogP contribution in [0.1, 0.15) is 18.4 Å². The van der Waals surface area contributed by atoms with E-state index in [2.05, 4.69) is 6.07 Å². The Labute approximate surface area is 120 Å². The zero-order valence-electron chi connectivity index (χ0n) is 11.5. The molecule has 0 unspecified atom stereocenters. The van der Waals surface area contributed by atoms with Crippen LogP contribution in [0, 0.1) is 0 Å². The molecular formula is C14H22ClNO3. The van der Waals surface area contributed by atoms with Crippen LogP contribution in [0.15, 0.2) is 18.2 Å². The number of hydrogen-bond donors (Lipinski definition) is 1. The van der Waals surface area contributed by atoms with Gasteiger partial charge in [-0.15, -0.1) is 12.4 Å². The lowest BCUT2D eigenvalue weighted by molar-refractivity contribution is 0.0529. The molecule has 2 N–H and O–H groups in total. The Morgan fingerprint density at radius 2 is 1.79 bits per heavy atom. The average Bonchev–Trinajstić information content (AvgIpc) is 2.47. The number of nitrogens with two attached hydrogens (primary N) is 1. The summed E-state index contributed by atoms with van der Waals surface area (Å²) in [5.41, 5.74) is 7.23. The molecule has 0 aromatic heterocycles. The van der Waals surface area contributed by atoms with E-state index in [1.165, 1.54) is 5.56 Å². The van der Waals surface area contributed by atoms with E-state index in [1.54, 1.807) is 14.2 Å². The molecule has 2 rings (SSSR count). The Hall–Kier alpha value is -0.970. The standard InChI is InChI=1S/C14H21NO3.ClH/c1-16-12-4-3-11(9-13(12)17-2)14(10-15)5-7-18-8-6-14;/h3-4,9H,5-8,10,15H2,1-2H3;1H. The van der Waals surface area contributed by atoms with E-state index in [4.69, 9.17) is 19.9 Å². The molecule has 0 spiro atoms. The van der Waals surface area contributed by atoms with Gasteiger partial charge in [0, 0.05) is 25.2 Å². The Morgan fingerprint density at radius 3 is 2.32 bits per heavy atom. The average molecular weight is 288 g/mol. The summed E-state index contributed by atoms with van der Waals surface area (Å²) in [5.74, 6) is 1.51. The van der Waals surface area contributed by atoms with Gasteiger partial charge in [0.2, 0.25) is 0 Å². The van der Waals surface area contributed by atoms with Gasteiger partial charge in [-0.2, -0.15) is 0 Å². The highest BCUT2D eigenvalue weighted by atomic mass is 35.5. The fourth-order valence-corrected chi connectivity index (χ4v) is 2.54. The van der Waals surface area contributed by atoms with Crippen LogP contribution in [0.2, 0.25) is 0 Å². The number of rotatable bonds is 4. The Morgan fingerprint density at radius 1 is 1.16 bits per heavy atom. The summed E-state index contributed by atoms with van der Waals surface area (Å²) >= 11 is 0. The molecule has 1 aromatic rings. The van der Waals surface area contributed by atoms with Crippen LogP contribution in [0.4, 0.5) is 0 Å². The SMILES string of the molecule is COc1ccc(C2(CN)CCOCC2)cc1OC.Cl. The van der Waals surface area contributed by atoms with Gasteiger partial charge < -0.3 is 19.9 Å². The summed E-state index contributed by atoms with van der Waals surface area (Å²) in [4.78, 5) is 0. The summed E-state index contributed by atoms with van der Waals surface area (Å²) in [6.45, 7) is 2.17. The highest BCUT2D eigenvalue weighted by Gasteiger charge is 2.33. The van der Waals surface area contributed by atoms with Crippen molar-refractivity contribution in [2.24, 2.45) is 5.73 Å². The van der Waals surface area contributed by atoms with Crippen LogP contribution in [-0.2, 0) is 10.2 Å². The third-order valence-electron chi connectivity index (χ3n) is 3.84. The van der Waals surface area contributed by atoms with Gasteiger partial charge in [0.25, 0.3) is 0 Å². The first-order chi connectivity index (χ1) is 8.75. The molecule has 0 atom stereocenters. The molecule has 0 amide bonds. The van der Waals surface area contributed by atoms with Crippen LogP contribution in [0.5, 0.6) is 11.5 Å². The second kappa shape index (κ2) is 6.98. The largest absolute Gasteiger partial charge is 0.493 e. The maximum Gasteiger partial charge on any atom is 0.161 e. The van der Waals surface area contributed by atoms with Crippen LogP contribution in [0.3, 0.4) is 0 Å². The van der Waals surface area contributed by atoms with Crippen molar-refractivity contribution in [1.82, 2.24) is 0 Å². The predicted molar refractivity (Wildman–Crippen MR) is 77.6 cm³/mol. The molecule has 1 heterocycles. The molecule has 0 saturated carbocycles. The lowest BCUT2D eigenvalue weighted by atomic mass is 9.74. The second-order valence-corrected chi connectivity index (χ2v) is 4.67. The number of ether oxygens (including phenoxy) is 3. The fraction of sp³-hybridized carbons (Fsp3) is 0.571. The van der Waals surface area contributed by atoms with Gasteiger partial charge in [0.1, 0.15) is 0 Å². The Balaban J connectivity index is 0.00000180. The lowest BCUT2D eigenvalue weighted by Gasteiger charge is -2.36. The van der Waals surface area contributed by atoms with Crippen molar-refractivity contribution in [2.75, 3.05) is 34.0 Å². The van der Waals surface area contributed by atoms with E-state index in [-0.39, 0.29) is 17.8 Å². The van der Waals surface area contributed by atoms with Gasteiger partial charge in [-0.05, 0) is 30.5 Å². The summed E-state index contributed by atoms with van der Waals surface area (Å²) in [6.07, 6.45) is 1.91. The molecule has 4 nitrogen and oxygen atoms in total. The van der Waals surface area contributed by atoms with Crippen molar-refractivity contribution in [3.8, 4) is 11.5 Å². The van der Waals surface area contributed by atoms with E-state index in [0.717, 1.165) is 37.6 Å². The number of halogens is 1. The van der Waals surface area contributed by atoms with Crippen molar-refractivity contribution in [1.29, 1.82) is 0 Å². The minimum Gasteiger partial charge on any atom is -0.493 e. The zero-order chi connectivity index (χ0) is 13.0. The van der Waals surface area contributed by atoms with Crippen LogP contribution in [0.25, 0.3) is 0 Å². The normalized spacial score (nSPS) is 17.4. The third kappa shape index (κ3) is 3.14. The van der Waals surface area contributed by atoms with Gasteiger partial charge in [0.15, 0.2) is 11.5 Å². The van der Waals surface area contributed by atoms with Gasteiger partial charge in [-0.1, -0.05) is 6.07 Å². The maximum absolute atomic E-state index is 6.00. The maximum atomic E-state index is 6.00. The van der Waals surface area contributed by atoms with Crippen LogP contribution >= 0.6 is 12.4 Å². The molecule has 1 fully saturated rings. The summed E-state index contributed by atoms with van der Waals surface area (Å²) < 4.78 is 16.1. The number of benzene rings is 1. The molecule has 19 heavy (non-hydrogen) atoms. The molecule has 1 aliphatic heterocycles. The van der Waals surface area contributed by atoms with E-state index >= 15 is 0 Å². The van der Waals surface area contributed by atoms with E-state index < -0.39 is 0 Å². The highest BCUT2D eigenvalue weighted by Crippen LogP contribution is 2.38. The van der Waals surface area contributed by atoms with E-state index in [1.807, 2.05) is 12.1 Å². The minimum atomic E-state index is 0. The zero-order valence-corrected chi connectivity index (χ0v) is 12.3. The van der Waals surface area contributed by atoms with E-state index in [9.17, 15) is 0 Å². The Bertz CT molecular complexity index is 406. The second-order valence-electron chi connectivity index (χ2n) is 4.67. The molecule has 1 aromatic carbocycles. The van der Waals surface area contributed by atoms with Crippen molar-refractivity contribution >= 4 is 12.4 Å². The first-order valence-electron chi connectivity index (χ1n) is 6.26. The third-order valence-corrected chi connectivity index (χ3v) is 3.84. The molecular weight excluding hydrogens is 266 g/mol. The van der Waals surface area contributed by atoms with Gasteiger partial charge in [0.05, 0.1) is 14.2 Å². The van der Waals surface area contributed by atoms with Crippen LogP contribution in [-0.4, -0.2) is 34.0 Å². The van der Waals surface area contributed by atoms with E-state index in [0.29, 0.717) is 6.54 Å². The molecule has 0 aliphatic carbocycles. The van der Waals surface area contributed by atoms with Crippen molar-refractivity contribution in [2.45, 2.75) is 18.3 Å².